The third kappa shape index (κ3) is 2.42. The van der Waals surface area contributed by atoms with Gasteiger partial charge in [0, 0.05) is 29.8 Å². The Morgan fingerprint density at radius 2 is 1.95 bits per heavy atom. The summed E-state index contributed by atoms with van der Waals surface area (Å²) >= 11 is 3.51. The lowest BCUT2D eigenvalue weighted by Crippen LogP contribution is -2.36. The molecule has 108 valence electrons. The fourth-order valence-electron chi connectivity index (χ4n) is 3.10. The van der Waals surface area contributed by atoms with Crippen LogP contribution in [0.1, 0.15) is 40.5 Å². The van der Waals surface area contributed by atoms with Crippen LogP contribution < -0.4 is 0 Å². The molecule has 2 heterocycles. The molecule has 1 saturated carbocycles. The number of hydrogen-bond donors (Lipinski definition) is 0. The lowest BCUT2D eigenvalue weighted by atomic mass is 10.00. The van der Waals surface area contributed by atoms with Crippen molar-refractivity contribution in [3.63, 3.8) is 0 Å². The van der Waals surface area contributed by atoms with Gasteiger partial charge in [-0.15, -0.1) is 0 Å². The molecule has 1 aromatic heterocycles. The van der Waals surface area contributed by atoms with Crippen LogP contribution in [0.4, 0.5) is 0 Å². The Kier molecular flexibility index (Phi) is 3.14. The largest absolute Gasteiger partial charge is 0.339 e. The number of hydrogen-bond acceptors (Lipinski definition) is 1. The lowest BCUT2D eigenvalue weighted by Gasteiger charge is -2.29. The summed E-state index contributed by atoms with van der Waals surface area (Å²) in [6, 6.07) is 10.9. The van der Waals surface area contributed by atoms with E-state index in [1.165, 1.54) is 24.0 Å². The van der Waals surface area contributed by atoms with Gasteiger partial charge in [0.1, 0.15) is 5.69 Å². The molecule has 2 aromatic rings. The molecule has 4 rings (SSSR count). The summed E-state index contributed by atoms with van der Waals surface area (Å²) in [4.78, 5) is 14.8. The van der Waals surface area contributed by atoms with Crippen LogP contribution in [0, 0.1) is 0 Å². The molecule has 1 fully saturated rings. The van der Waals surface area contributed by atoms with Gasteiger partial charge in [0.05, 0.1) is 0 Å². The highest BCUT2D eigenvalue weighted by atomic mass is 79.9. The van der Waals surface area contributed by atoms with E-state index in [0.717, 1.165) is 29.7 Å². The standard InChI is InChI=1S/C17H17BrN2O/c18-14-9-16(20(11-14)15-5-6-15)17(21)19-8-7-12-3-1-2-4-13(12)10-19/h1-4,9,11,15H,5-8,10H2. The number of amides is 1. The van der Waals surface area contributed by atoms with Crippen molar-refractivity contribution in [3.05, 3.63) is 57.8 Å². The molecule has 21 heavy (non-hydrogen) atoms. The molecule has 1 amide bonds. The lowest BCUT2D eigenvalue weighted by molar-refractivity contribution is 0.0723. The predicted octanol–water partition coefficient (Wildman–Crippen LogP) is 3.78. The molecule has 0 atom stereocenters. The van der Waals surface area contributed by atoms with E-state index in [-0.39, 0.29) is 5.91 Å². The van der Waals surface area contributed by atoms with Gasteiger partial charge in [-0.05, 0) is 52.4 Å². The molecule has 2 aliphatic rings. The summed E-state index contributed by atoms with van der Waals surface area (Å²) in [5.41, 5.74) is 3.48. The molecule has 1 aromatic carbocycles. The van der Waals surface area contributed by atoms with Gasteiger partial charge in [-0.3, -0.25) is 4.79 Å². The van der Waals surface area contributed by atoms with Gasteiger partial charge in [0.25, 0.3) is 5.91 Å². The van der Waals surface area contributed by atoms with Crippen molar-refractivity contribution < 1.29 is 4.79 Å². The molecular weight excluding hydrogens is 328 g/mol. The Morgan fingerprint density at radius 1 is 1.19 bits per heavy atom. The Balaban J connectivity index is 1.61. The third-order valence-corrected chi connectivity index (χ3v) is 4.83. The number of fused-ring (bicyclic) bond motifs is 1. The molecule has 0 radical (unpaired) electrons. The molecule has 4 heteroatoms. The molecule has 3 nitrogen and oxygen atoms in total. The number of rotatable bonds is 2. The minimum absolute atomic E-state index is 0.155. The Bertz CT molecular complexity index is 703. The number of aromatic nitrogens is 1. The van der Waals surface area contributed by atoms with Crippen molar-refractivity contribution in [2.75, 3.05) is 6.54 Å². The first-order valence-corrected chi connectivity index (χ1v) is 8.25. The van der Waals surface area contributed by atoms with Crippen LogP contribution >= 0.6 is 15.9 Å². The Hall–Kier alpha value is -1.55. The van der Waals surface area contributed by atoms with E-state index in [2.05, 4.69) is 44.8 Å². The highest BCUT2D eigenvalue weighted by Crippen LogP contribution is 2.38. The van der Waals surface area contributed by atoms with E-state index < -0.39 is 0 Å². The average molecular weight is 345 g/mol. The first-order chi connectivity index (χ1) is 10.2. The Labute approximate surface area is 132 Å². The van der Waals surface area contributed by atoms with Crippen LogP contribution in [-0.2, 0) is 13.0 Å². The SMILES string of the molecule is O=C(c1cc(Br)cn1C1CC1)N1CCc2ccccc2C1. The normalized spacial score (nSPS) is 17.7. The average Bonchev–Trinajstić information content (AvgIpc) is 3.28. The minimum Gasteiger partial charge on any atom is -0.339 e. The van der Waals surface area contributed by atoms with Crippen LogP contribution in [-0.4, -0.2) is 21.9 Å². The minimum atomic E-state index is 0.155. The van der Waals surface area contributed by atoms with Crippen molar-refractivity contribution in [1.82, 2.24) is 9.47 Å². The number of carbonyl (C=O) groups excluding carboxylic acids is 1. The van der Waals surface area contributed by atoms with Crippen molar-refractivity contribution in [2.24, 2.45) is 0 Å². The monoisotopic (exact) mass is 344 g/mol. The van der Waals surface area contributed by atoms with Crippen LogP contribution in [0.3, 0.4) is 0 Å². The highest BCUT2D eigenvalue weighted by molar-refractivity contribution is 9.10. The van der Waals surface area contributed by atoms with E-state index >= 15 is 0 Å². The first-order valence-electron chi connectivity index (χ1n) is 7.46. The molecule has 1 aliphatic heterocycles. The topological polar surface area (TPSA) is 25.2 Å². The number of halogens is 1. The fourth-order valence-corrected chi connectivity index (χ4v) is 3.54. The molecular formula is C17H17BrN2O. The smallest absolute Gasteiger partial charge is 0.270 e. The van der Waals surface area contributed by atoms with Crippen molar-refractivity contribution >= 4 is 21.8 Å². The van der Waals surface area contributed by atoms with Crippen molar-refractivity contribution in [2.45, 2.75) is 31.8 Å². The van der Waals surface area contributed by atoms with Gasteiger partial charge in [0.15, 0.2) is 0 Å². The Morgan fingerprint density at radius 3 is 2.71 bits per heavy atom. The maximum atomic E-state index is 12.9. The number of nitrogens with zero attached hydrogens (tertiary/aromatic N) is 2. The molecule has 0 N–H and O–H groups in total. The molecule has 0 spiro atoms. The highest BCUT2D eigenvalue weighted by Gasteiger charge is 2.30. The molecule has 1 aliphatic carbocycles. The summed E-state index contributed by atoms with van der Waals surface area (Å²) in [6.45, 7) is 1.53. The van der Waals surface area contributed by atoms with Crippen LogP contribution in [0.2, 0.25) is 0 Å². The molecule has 0 saturated heterocycles. The van der Waals surface area contributed by atoms with E-state index in [1.54, 1.807) is 0 Å². The second-order valence-corrected chi connectivity index (χ2v) is 6.84. The summed E-state index contributed by atoms with van der Waals surface area (Å²) in [6.07, 6.45) is 5.37. The maximum Gasteiger partial charge on any atom is 0.270 e. The maximum absolute atomic E-state index is 12.9. The summed E-state index contributed by atoms with van der Waals surface area (Å²) in [7, 11) is 0. The number of carbonyl (C=O) groups is 1. The summed E-state index contributed by atoms with van der Waals surface area (Å²) in [5, 5.41) is 0. The van der Waals surface area contributed by atoms with E-state index in [4.69, 9.17) is 0 Å². The van der Waals surface area contributed by atoms with E-state index in [1.807, 2.05) is 17.2 Å². The zero-order valence-corrected chi connectivity index (χ0v) is 13.3. The molecule has 0 bridgehead atoms. The van der Waals surface area contributed by atoms with Crippen molar-refractivity contribution in [1.29, 1.82) is 0 Å². The number of benzene rings is 1. The quantitative estimate of drug-likeness (QED) is 0.813. The van der Waals surface area contributed by atoms with Gasteiger partial charge in [-0.25, -0.2) is 0 Å². The fraction of sp³-hybridized carbons (Fsp3) is 0.353. The predicted molar refractivity (Wildman–Crippen MR) is 85.3 cm³/mol. The van der Waals surface area contributed by atoms with Gasteiger partial charge in [-0.1, -0.05) is 24.3 Å². The van der Waals surface area contributed by atoms with Gasteiger partial charge >= 0.3 is 0 Å². The third-order valence-electron chi connectivity index (χ3n) is 4.39. The summed E-state index contributed by atoms with van der Waals surface area (Å²) < 4.78 is 3.14. The summed E-state index contributed by atoms with van der Waals surface area (Å²) in [5.74, 6) is 0.155. The van der Waals surface area contributed by atoms with E-state index in [9.17, 15) is 4.79 Å². The van der Waals surface area contributed by atoms with Crippen LogP contribution in [0.5, 0.6) is 0 Å². The van der Waals surface area contributed by atoms with E-state index in [0.29, 0.717) is 6.04 Å². The second-order valence-electron chi connectivity index (χ2n) is 5.93. The van der Waals surface area contributed by atoms with Crippen molar-refractivity contribution in [3.8, 4) is 0 Å². The van der Waals surface area contributed by atoms with Crippen LogP contribution in [0.25, 0.3) is 0 Å². The second kappa shape index (κ2) is 5.02. The zero-order valence-electron chi connectivity index (χ0n) is 11.8. The molecule has 0 unspecified atom stereocenters. The van der Waals surface area contributed by atoms with Gasteiger partial charge < -0.3 is 9.47 Å². The first kappa shape index (κ1) is 13.1. The van der Waals surface area contributed by atoms with Gasteiger partial charge in [0.2, 0.25) is 0 Å². The zero-order chi connectivity index (χ0) is 14.4. The van der Waals surface area contributed by atoms with Crippen LogP contribution in [0.15, 0.2) is 41.0 Å². The van der Waals surface area contributed by atoms with Gasteiger partial charge in [-0.2, -0.15) is 0 Å².